The molecule has 0 aliphatic heterocycles. The van der Waals surface area contributed by atoms with Crippen molar-refractivity contribution in [1.82, 2.24) is 4.98 Å². The molecule has 2 rings (SSSR count). The summed E-state index contributed by atoms with van der Waals surface area (Å²) in [7, 11) is -3.22. The molecule has 1 aromatic heterocycles. The molecule has 0 atom stereocenters. The number of rotatable bonds is 2. The molecule has 0 aliphatic rings. The molecule has 0 spiro atoms. The van der Waals surface area contributed by atoms with Crippen LogP contribution in [0.2, 0.25) is 0 Å². The van der Waals surface area contributed by atoms with Crippen LogP contribution >= 0.6 is 0 Å². The highest BCUT2D eigenvalue weighted by atomic mass is 32.2. The number of benzene rings is 1. The van der Waals surface area contributed by atoms with Gasteiger partial charge in [-0.25, -0.2) is 8.42 Å². The first kappa shape index (κ1) is 10.8. The second-order valence-corrected chi connectivity index (χ2v) is 5.49. The van der Waals surface area contributed by atoms with Gasteiger partial charge < -0.3 is 0 Å². The summed E-state index contributed by atoms with van der Waals surface area (Å²) in [6.45, 7) is 0. The highest BCUT2D eigenvalue weighted by Crippen LogP contribution is 2.25. The Hall–Kier alpha value is -1.68. The third kappa shape index (κ3) is 2.12. The Bertz CT molecular complexity index is 591. The van der Waals surface area contributed by atoms with Crippen molar-refractivity contribution >= 4 is 9.84 Å². The summed E-state index contributed by atoms with van der Waals surface area (Å²) in [6.07, 6.45) is 4.27. The first-order valence-corrected chi connectivity index (χ1v) is 6.67. The lowest BCUT2D eigenvalue weighted by Gasteiger charge is -2.06. The largest absolute Gasteiger partial charge is 0.264 e. The van der Waals surface area contributed by atoms with E-state index in [4.69, 9.17) is 0 Å². The van der Waals surface area contributed by atoms with Gasteiger partial charge in [-0.2, -0.15) is 0 Å². The molecule has 0 bridgehead atoms. The van der Waals surface area contributed by atoms with Gasteiger partial charge in [0.05, 0.1) is 4.90 Å². The summed E-state index contributed by atoms with van der Waals surface area (Å²) in [5, 5.41) is 0. The first-order chi connectivity index (χ1) is 7.59. The van der Waals surface area contributed by atoms with Crippen molar-refractivity contribution in [2.24, 2.45) is 0 Å². The molecule has 0 N–H and O–H groups in total. The van der Waals surface area contributed by atoms with Crippen molar-refractivity contribution in [3.8, 4) is 11.1 Å². The molecule has 4 heteroatoms. The van der Waals surface area contributed by atoms with Crippen LogP contribution in [-0.4, -0.2) is 19.7 Å². The summed E-state index contributed by atoms with van der Waals surface area (Å²) in [6, 6.07) is 10.9. The van der Waals surface area contributed by atoms with Gasteiger partial charge in [-0.15, -0.1) is 0 Å². The predicted molar refractivity (Wildman–Crippen MR) is 62.8 cm³/mol. The SMILES string of the molecule is CS(=O)(=O)c1ccncc1-c1ccccc1. The van der Waals surface area contributed by atoms with Crippen molar-refractivity contribution in [2.75, 3.05) is 6.26 Å². The molecule has 0 saturated heterocycles. The van der Waals surface area contributed by atoms with Crippen molar-refractivity contribution in [1.29, 1.82) is 0 Å². The lowest BCUT2D eigenvalue weighted by Crippen LogP contribution is -2.00. The van der Waals surface area contributed by atoms with Gasteiger partial charge in [0.2, 0.25) is 0 Å². The van der Waals surface area contributed by atoms with E-state index in [1.807, 2.05) is 30.3 Å². The van der Waals surface area contributed by atoms with E-state index in [2.05, 4.69) is 4.98 Å². The molecule has 0 amide bonds. The molecule has 3 nitrogen and oxygen atoms in total. The topological polar surface area (TPSA) is 47.0 Å². The molecule has 0 unspecified atom stereocenters. The number of nitrogens with zero attached hydrogens (tertiary/aromatic N) is 1. The molecule has 0 aliphatic carbocycles. The van der Waals surface area contributed by atoms with Gasteiger partial charge >= 0.3 is 0 Å². The summed E-state index contributed by atoms with van der Waals surface area (Å²) >= 11 is 0. The predicted octanol–water partition coefficient (Wildman–Crippen LogP) is 2.15. The van der Waals surface area contributed by atoms with Crippen molar-refractivity contribution in [3.05, 3.63) is 48.8 Å². The fourth-order valence-corrected chi connectivity index (χ4v) is 2.42. The molecule has 0 fully saturated rings. The zero-order chi connectivity index (χ0) is 11.6. The molecule has 16 heavy (non-hydrogen) atoms. The molecule has 2 aromatic rings. The van der Waals surface area contributed by atoms with Crippen LogP contribution in [0.3, 0.4) is 0 Å². The zero-order valence-electron chi connectivity index (χ0n) is 8.79. The molecule has 0 saturated carbocycles. The number of hydrogen-bond donors (Lipinski definition) is 0. The van der Waals surface area contributed by atoms with Crippen molar-refractivity contribution in [2.45, 2.75) is 4.90 Å². The third-order valence-electron chi connectivity index (χ3n) is 2.27. The quantitative estimate of drug-likeness (QED) is 0.798. The lowest BCUT2D eigenvalue weighted by molar-refractivity contribution is 0.602. The average molecular weight is 233 g/mol. The van der Waals surface area contributed by atoms with Crippen molar-refractivity contribution in [3.63, 3.8) is 0 Å². The summed E-state index contributed by atoms with van der Waals surface area (Å²) in [4.78, 5) is 4.28. The first-order valence-electron chi connectivity index (χ1n) is 4.78. The minimum absolute atomic E-state index is 0.314. The van der Waals surface area contributed by atoms with Crippen LogP contribution in [0, 0.1) is 0 Å². The Morgan fingerprint density at radius 1 is 1.06 bits per heavy atom. The summed E-state index contributed by atoms with van der Waals surface area (Å²) in [5.74, 6) is 0. The number of aromatic nitrogens is 1. The van der Waals surface area contributed by atoms with Crippen LogP contribution in [0.15, 0.2) is 53.7 Å². The van der Waals surface area contributed by atoms with Crippen LogP contribution in [0.25, 0.3) is 11.1 Å². The van der Waals surface area contributed by atoms with Gasteiger partial charge in [-0.3, -0.25) is 4.98 Å². The Morgan fingerprint density at radius 3 is 2.38 bits per heavy atom. The second-order valence-electron chi connectivity index (χ2n) is 3.51. The van der Waals surface area contributed by atoms with Gasteiger partial charge in [0.1, 0.15) is 0 Å². The van der Waals surface area contributed by atoms with E-state index in [1.54, 1.807) is 6.20 Å². The Kier molecular flexibility index (Phi) is 2.75. The monoisotopic (exact) mass is 233 g/mol. The maximum atomic E-state index is 11.6. The Labute approximate surface area is 94.7 Å². The van der Waals surface area contributed by atoms with Crippen LogP contribution in [0.1, 0.15) is 0 Å². The van der Waals surface area contributed by atoms with E-state index in [9.17, 15) is 8.42 Å². The highest BCUT2D eigenvalue weighted by Gasteiger charge is 2.13. The Balaban J connectivity index is 2.68. The lowest BCUT2D eigenvalue weighted by atomic mass is 10.1. The van der Waals surface area contributed by atoms with E-state index in [0.29, 0.717) is 10.5 Å². The third-order valence-corrected chi connectivity index (χ3v) is 3.42. The summed E-state index contributed by atoms with van der Waals surface area (Å²) < 4.78 is 23.2. The standard InChI is InChI=1S/C12H11NO2S/c1-16(14,15)12-7-8-13-9-11(12)10-5-3-2-4-6-10/h2-9H,1H3. The number of sulfone groups is 1. The maximum Gasteiger partial charge on any atom is 0.176 e. The normalized spacial score (nSPS) is 11.3. The van der Waals surface area contributed by atoms with Crippen LogP contribution in [-0.2, 0) is 9.84 Å². The molecular formula is C12H11NO2S. The van der Waals surface area contributed by atoms with Crippen LogP contribution in [0.4, 0.5) is 0 Å². The number of hydrogen-bond acceptors (Lipinski definition) is 3. The maximum absolute atomic E-state index is 11.6. The number of pyridine rings is 1. The van der Waals surface area contributed by atoms with Crippen LogP contribution in [0.5, 0.6) is 0 Å². The highest BCUT2D eigenvalue weighted by molar-refractivity contribution is 7.90. The van der Waals surface area contributed by atoms with Gasteiger partial charge in [-0.05, 0) is 11.6 Å². The fraction of sp³-hybridized carbons (Fsp3) is 0.0833. The van der Waals surface area contributed by atoms with Gasteiger partial charge in [0, 0.05) is 24.2 Å². The molecule has 1 aromatic carbocycles. The van der Waals surface area contributed by atoms with E-state index in [0.717, 1.165) is 5.56 Å². The molecule has 0 radical (unpaired) electrons. The van der Waals surface area contributed by atoms with Crippen molar-refractivity contribution < 1.29 is 8.42 Å². The zero-order valence-corrected chi connectivity index (χ0v) is 9.61. The van der Waals surface area contributed by atoms with Gasteiger partial charge in [0.15, 0.2) is 9.84 Å². The molecular weight excluding hydrogens is 222 g/mol. The second kappa shape index (κ2) is 4.06. The molecule has 82 valence electrons. The fourth-order valence-electron chi connectivity index (χ4n) is 1.54. The average Bonchev–Trinajstić information content (AvgIpc) is 2.29. The van der Waals surface area contributed by atoms with E-state index in [1.165, 1.54) is 18.5 Å². The summed E-state index contributed by atoms with van der Waals surface area (Å²) in [5.41, 5.74) is 1.50. The van der Waals surface area contributed by atoms with Crippen LogP contribution < -0.4 is 0 Å². The van der Waals surface area contributed by atoms with E-state index >= 15 is 0 Å². The Morgan fingerprint density at radius 2 is 1.75 bits per heavy atom. The molecule has 1 heterocycles. The smallest absolute Gasteiger partial charge is 0.176 e. The minimum Gasteiger partial charge on any atom is -0.264 e. The van der Waals surface area contributed by atoms with Gasteiger partial charge in [-0.1, -0.05) is 30.3 Å². The van der Waals surface area contributed by atoms with E-state index < -0.39 is 9.84 Å². The van der Waals surface area contributed by atoms with Gasteiger partial charge in [0.25, 0.3) is 0 Å². The van der Waals surface area contributed by atoms with E-state index in [-0.39, 0.29) is 0 Å². The minimum atomic E-state index is -3.22.